The highest BCUT2D eigenvalue weighted by Crippen LogP contribution is 2.31. The van der Waals surface area contributed by atoms with E-state index in [1.165, 1.54) is 25.3 Å². The summed E-state index contributed by atoms with van der Waals surface area (Å²) in [7, 11) is 1.53. The summed E-state index contributed by atoms with van der Waals surface area (Å²) in [6.45, 7) is 0. The Morgan fingerprint density at radius 3 is 2.71 bits per heavy atom. The van der Waals surface area contributed by atoms with Crippen molar-refractivity contribution in [2.24, 2.45) is 0 Å². The molecular weight excluding hydrogens is 294 g/mol. The molecule has 0 saturated heterocycles. The van der Waals surface area contributed by atoms with Crippen LogP contribution in [0.1, 0.15) is 5.56 Å². The van der Waals surface area contributed by atoms with Gasteiger partial charge < -0.3 is 10.1 Å². The minimum absolute atomic E-state index is 0.0241. The molecule has 0 aromatic heterocycles. The Morgan fingerprint density at radius 2 is 2.10 bits per heavy atom. The monoisotopic (exact) mass is 303 g/mol. The number of nitriles is 1. The minimum atomic E-state index is -0.596. The summed E-state index contributed by atoms with van der Waals surface area (Å²) in [6, 6.07) is 11.0. The summed E-state index contributed by atoms with van der Waals surface area (Å²) in [6.07, 6.45) is 0. The third kappa shape index (κ3) is 3.22. The molecule has 106 valence electrons. The summed E-state index contributed by atoms with van der Waals surface area (Å²) < 4.78 is 5.10. The first-order valence-corrected chi connectivity index (χ1v) is 6.22. The fraction of sp³-hybridized carbons (Fsp3) is 0.0714. The molecule has 2 rings (SSSR count). The van der Waals surface area contributed by atoms with Crippen LogP contribution in [-0.2, 0) is 0 Å². The van der Waals surface area contributed by atoms with Gasteiger partial charge in [0.25, 0.3) is 5.69 Å². The lowest BCUT2D eigenvalue weighted by Crippen LogP contribution is -1.96. The Morgan fingerprint density at radius 1 is 1.33 bits per heavy atom. The van der Waals surface area contributed by atoms with Crippen LogP contribution >= 0.6 is 11.6 Å². The minimum Gasteiger partial charge on any atom is -0.497 e. The number of hydrogen-bond acceptors (Lipinski definition) is 5. The number of nitro benzene ring substituents is 1. The molecule has 0 fully saturated rings. The molecule has 0 spiro atoms. The summed E-state index contributed by atoms with van der Waals surface area (Å²) in [5, 5.41) is 23.2. The first kappa shape index (κ1) is 14.6. The van der Waals surface area contributed by atoms with E-state index in [4.69, 9.17) is 21.6 Å². The van der Waals surface area contributed by atoms with Crippen molar-refractivity contribution in [1.29, 1.82) is 5.26 Å². The van der Waals surface area contributed by atoms with Crippen LogP contribution in [0, 0.1) is 21.4 Å². The summed E-state index contributed by atoms with van der Waals surface area (Å²) in [5.74, 6) is 0.615. The predicted octanol–water partition coefficient (Wildman–Crippen LogP) is 3.87. The maximum Gasteiger partial charge on any atom is 0.287 e. The lowest BCUT2D eigenvalue weighted by Gasteiger charge is -2.10. The van der Waals surface area contributed by atoms with Crippen LogP contribution in [0.2, 0.25) is 5.02 Å². The molecule has 0 aliphatic carbocycles. The number of halogens is 1. The lowest BCUT2D eigenvalue weighted by molar-refractivity contribution is -0.385. The van der Waals surface area contributed by atoms with E-state index >= 15 is 0 Å². The van der Waals surface area contributed by atoms with E-state index in [2.05, 4.69) is 5.32 Å². The smallest absolute Gasteiger partial charge is 0.287 e. The molecule has 6 nitrogen and oxygen atoms in total. The van der Waals surface area contributed by atoms with Gasteiger partial charge in [-0.3, -0.25) is 10.1 Å². The van der Waals surface area contributed by atoms with Crippen molar-refractivity contribution in [2.75, 3.05) is 12.4 Å². The van der Waals surface area contributed by atoms with E-state index in [1.807, 2.05) is 0 Å². The largest absolute Gasteiger partial charge is 0.497 e. The molecule has 0 saturated carbocycles. The van der Waals surface area contributed by atoms with E-state index in [-0.39, 0.29) is 11.3 Å². The van der Waals surface area contributed by atoms with Crippen LogP contribution in [0.25, 0.3) is 0 Å². The topological polar surface area (TPSA) is 88.2 Å². The highest BCUT2D eigenvalue weighted by Gasteiger charge is 2.14. The molecule has 2 aromatic rings. The first-order chi connectivity index (χ1) is 10.0. The summed E-state index contributed by atoms with van der Waals surface area (Å²) >= 11 is 6.07. The van der Waals surface area contributed by atoms with Gasteiger partial charge in [0.05, 0.1) is 22.7 Å². The quantitative estimate of drug-likeness (QED) is 0.684. The van der Waals surface area contributed by atoms with Crippen molar-refractivity contribution < 1.29 is 9.66 Å². The molecule has 0 bridgehead atoms. The molecule has 0 aliphatic heterocycles. The molecule has 0 heterocycles. The van der Waals surface area contributed by atoms with Gasteiger partial charge >= 0.3 is 0 Å². The molecule has 0 amide bonds. The van der Waals surface area contributed by atoms with Gasteiger partial charge in [0.1, 0.15) is 17.4 Å². The van der Waals surface area contributed by atoms with Gasteiger partial charge in [0.15, 0.2) is 0 Å². The molecule has 2 aromatic carbocycles. The molecule has 0 unspecified atom stereocenters. The molecule has 21 heavy (non-hydrogen) atoms. The second-order valence-electron chi connectivity index (χ2n) is 4.07. The normalized spacial score (nSPS) is 9.76. The predicted molar refractivity (Wildman–Crippen MR) is 79.1 cm³/mol. The Hall–Kier alpha value is -2.78. The summed E-state index contributed by atoms with van der Waals surface area (Å²) in [5.41, 5.74) is 0.838. The van der Waals surface area contributed by atoms with Gasteiger partial charge in [0.2, 0.25) is 0 Å². The maximum atomic E-state index is 10.8. The van der Waals surface area contributed by atoms with Gasteiger partial charge in [-0.05, 0) is 24.3 Å². The number of rotatable bonds is 4. The Bertz CT molecular complexity index is 741. The van der Waals surface area contributed by atoms with Gasteiger partial charge in [-0.15, -0.1) is 0 Å². The van der Waals surface area contributed by atoms with Gasteiger partial charge in [-0.1, -0.05) is 11.6 Å². The highest BCUT2D eigenvalue weighted by molar-refractivity contribution is 6.33. The van der Waals surface area contributed by atoms with Crippen molar-refractivity contribution in [3.05, 3.63) is 57.1 Å². The highest BCUT2D eigenvalue weighted by atomic mass is 35.5. The lowest BCUT2D eigenvalue weighted by atomic mass is 10.1. The van der Waals surface area contributed by atoms with Crippen molar-refractivity contribution in [3.63, 3.8) is 0 Å². The van der Waals surface area contributed by atoms with E-state index in [0.29, 0.717) is 22.1 Å². The second kappa shape index (κ2) is 6.11. The van der Waals surface area contributed by atoms with Crippen LogP contribution in [0.15, 0.2) is 36.4 Å². The zero-order valence-corrected chi connectivity index (χ0v) is 11.7. The van der Waals surface area contributed by atoms with Crippen LogP contribution in [0.5, 0.6) is 5.75 Å². The van der Waals surface area contributed by atoms with Crippen LogP contribution in [0.4, 0.5) is 17.1 Å². The molecular formula is C14H10ClN3O3. The first-order valence-electron chi connectivity index (χ1n) is 5.84. The van der Waals surface area contributed by atoms with Gasteiger partial charge in [0, 0.05) is 17.8 Å². The number of ether oxygens (including phenoxy) is 1. The van der Waals surface area contributed by atoms with Crippen molar-refractivity contribution in [2.45, 2.75) is 0 Å². The molecule has 0 aliphatic rings. The van der Waals surface area contributed by atoms with E-state index in [1.54, 1.807) is 24.3 Å². The number of nitrogens with one attached hydrogen (secondary N) is 1. The van der Waals surface area contributed by atoms with Crippen LogP contribution in [0.3, 0.4) is 0 Å². The zero-order valence-electron chi connectivity index (χ0n) is 11.0. The van der Waals surface area contributed by atoms with Crippen LogP contribution in [-0.4, -0.2) is 12.0 Å². The Balaban J connectivity index is 2.37. The van der Waals surface area contributed by atoms with Crippen molar-refractivity contribution in [3.8, 4) is 11.8 Å². The Labute approximate surface area is 125 Å². The van der Waals surface area contributed by atoms with Crippen molar-refractivity contribution in [1.82, 2.24) is 0 Å². The number of nitro groups is 1. The van der Waals surface area contributed by atoms with E-state index in [0.717, 1.165) is 0 Å². The standard InChI is InChI=1S/C14H10ClN3O3/c1-21-11-3-4-12(15)13(7-11)17-10-2-5-14(18(19)20)9(6-10)8-16/h2-7,17H,1H3. The Kier molecular flexibility index (Phi) is 4.26. The van der Waals surface area contributed by atoms with Gasteiger partial charge in [-0.2, -0.15) is 5.26 Å². The number of anilines is 2. The number of benzene rings is 2. The fourth-order valence-corrected chi connectivity index (χ4v) is 1.91. The SMILES string of the molecule is COc1ccc(Cl)c(Nc2ccc([N+](=O)[O-])c(C#N)c2)c1. The number of nitrogens with zero attached hydrogens (tertiary/aromatic N) is 2. The summed E-state index contributed by atoms with van der Waals surface area (Å²) in [4.78, 5) is 10.2. The fourth-order valence-electron chi connectivity index (χ4n) is 1.75. The second-order valence-corrected chi connectivity index (χ2v) is 4.48. The van der Waals surface area contributed by atoms with Gasteiger partial charge in [-0.25, -0.2) is 0 Å². The zero-order chi connectivity index (χ0) is 15.4. The van der Waals surface area contributed by atoms with E-state index in [9.17, 15) is 10.1 Å². The number of hydrogen-bond donors (Lipinski definition) is 1. The number of methoxy groups -OCH3 is 1. The van der Waals surface area contributed by atoms with Crippen molar-refractivity contribution >= 4 is 28.7 Å². The third-order valence-electron chi connectivity index (χ3n) is 2.77. The third-order valence-corrected chi connectivity index (χ3v) is 3.10. The molecule has 7 heteroatoms. The molecule has 0 radical (unpaired) electrons. The van der Waals surface area contributed by atoms with Crippen LogP contribution < -0.4 is 10.1 Å². The average Bonchev–Trinajstić information content (AvgIpc) is 2.49. The maximum absolute atomic E-state index is 10.8. The molecule has 1 N–H and O–H groups in total. The van der Waals surface area contributed by atoms with E-state index < -0.39 is 4.92 Å². The molecule has 0 atom stereocenters. The average molecular weight is 304 g/mol.